The number of quaternary nitrogens is 1. The minimum absolute atomic E-state index is 0.162. The van der Waals surface area contributed by atoms with Crippen LogP contribution in [0.2, 0.25) is 5.02 Å². The molecule has 0 radical (unpaired) electrons. The van der Waals surface area contributed by atoms with E-state index in [1.807, 2.05) is 14.1 Å². The van der Waals surface area contributed by atoms with Crippen LogP contribution < -0.4 is 25.0 Å². The normalized spacial score (nSPS) is 19.8. The molecule has 0 saturated carbocycles. The molecule has 1 aromatic rings. The second-order valence-electron chi connectivity index (χ2n) is 5.25. The first-order valence-corrected chi connectivity index (χ1v) is 7.10. The molecule has 2 amide bonds. The fourth-order valence-corrected chi connectivity index (χ4v) is 2.00. The quantitative estimate of drug-likeness (QED) is 0.748. The highest BCUT2D eigenvalue weighted by Gasteiger charge is 2.65. The van der Waals surface area contributed by atoms with Gasteiger partial charge < -0.3 is 19.7 Å². The molecule has 0 spiro atoms. The third kappa shape index (κ3) is 3.91. The molecule has 1 aliphatic heterocycles. The number of carbonyl (C=O) groups is 1. The molecule has 128 valence electrons. The number of rotatable bonds is 4. The molecule has 0 aliphatic carbocycles. The number of urea groups is 1. The maximum Gasteiger partial charge on any atom is 0.492 e. The lowest BCUT2D eigenvalue weighted by Crippen LogP contribution is -3.06. The predicted molar refractivity (Wildman–Crippen MR) is 75.7 cm³/mol. The molecule has 10 heteroatoms. The van der Waals surface area contributed by atoms with Gasteiger partial charge in [-0.25, -0.2) is 4.79 Å². The van der Waals surface area contributed by atoms with Crippen LogP contribution in [0.4, 0.5) is 18.0 Å². The van der Waals surface area contributed by atoms with Crippen molar-refractivity contribution < 1.29 is 32.3 Å². The molecule has 0 fully saturated rings. The Bertz CT molecular complexity index is 598. The van der Waals surface area contributed by atoms with Gasteiger partial charge in [0, 0.05) is 11.1 Å². The first-order chi connectivity index (χ1) is 10.6. The van der Waals surface area contributed by atoms with E-state index in [9.17, 15) is 18.0 Å². The number of nitrogens with one attached hydrogen (secondary N) is 3. The Morgan fingerprint density at radius 3 is 2.57 bits per heavy atom. The summed E-state index contributed by atoms with van der Waals surface area (Å²) in [6.45, 7) is 0.741. The fraction of sp³-hybridized carbons (Fsp3) is 0.462. The van der Waals surface area contributed by atoms with Gasteiger partial charge in [-0.15, -0.1) is 0 Å². The number of halogens is 4. The average molecular weight is 355 g/mol. The van der Waals surface area contributed by atoms with Gasteiger partial charge in [-0.2, -0.15) is 13.2 Å². The zero-order valence-corrected chi connectivity index (χ0v) is 13.1. The highest BCUT2D eigenvalue weighted by atomic mass is 35.5. The van der Waals surface area contributed by atoms with Crippen LogP contribution in [-0.2, 0) is 0 Å². The second-order valence-corrected chi connectivity index (χ2v) is 5.68. The Morgan fingerprint density at radius 1 is 1.30 bits per heavy atom. The molecular weight excluding hydrogens is 339 g/mol. The van der Waals surface area contributed by atoms with E-state index < -0.39 is 18.1 Å². The van der Waals surface area contributed by atoms with Gasteiger partial charge in [-0.3, -0.25) is 5.32 Å². The number of likely N-dealkylation sites (N-methyl/N-ethyl adjacent to an activating group) is 1. The Labute approximate surface area is 135 Å². The highest BCUT2D eigenvalue weighted by molar-refractivity contribution is 6.30. The lowest BCUT2D eigenvalue weighted by molar-refractivity contribution is -0.856. The van der Waals surface area contributed by atoms with E-state index in [0.717, 1.165) is 4.90 Å². The van der Waals surface area contributed by atoms with E-state index in [0.29, 0.717) is 6.54 Å². The summed E-state index contributed by atoms with van der Waals surface area (Å²) in [7, 11) is 3.70. The van der Waals surface area contributed by atoms with E-state index in [1.165, 1.54) is 18.2 Å². The number of hydrogen-bond acceptors (Lipinski definition) is 3. The first-order valence-electron chi connectivity index (χ1n) is 6.72. The van der Waals surface area contributed by atoms with E-state index in [1.54, 1.807) is 5.32 Å². The number of hydrogen-bond donors (Lipinski definition) is 3. The lowest BCUT2D eigenvalue weighted by Gasteiger charge is -2.29. The van der Waals surface area contributed by atoms with Crippen LogP contribution >= 0.6 is 11.6 Å². The number of amides is 2. The van der Waals surface area contributed by atoms with Crippen molar-refractivity contribution in [2.75, 3.05) is 27.2 Å². The molecule has 23 heavy (non-hydrogen) atoms. The third-order valence-electron chi connectivity index (χ3n) is 2.97. The van der Waals surface area contributed by atoms with Gasteiger partial charge in [0.25, 0.3) is 0 Å². The summed E-state index contributed by atoms with van der Waals surface area (Å²) in [5.41, 5.74) is 0. The third-order valence-corrected chi connectivity index (χ3v) is 3.21. The Morgan fingerprint density at radius 2 is 1.96 bits per heavy atom. The topological polar surface area (TPSA) is 64.0 Å². The van der Waals surface area contributed by atoms with Gasteiger partial charge in [0.2, 0.25) is 0 Å². The Kier molecular flexibility index (Phi) is 4.81. The molecule has 0 unspecified atom stereocenters. The fourth-order valence-electron chi connectivity index (χ4n) is 1.83. The summed E-state index contributed by atoms with van der Waals surface area (Å²) in [6, 6.07) is 2.72. The number of ether oxygens (including phenoxy) is 2. The maximum absolute atomic E-state index is 13.4. The summed E-state index contributed by atoms with van der Waals surface area (Å²) < 4.78 is 49.7. The molecule has 1 heterocycles. The van der Waals surface area contributed by atoms with Crippen molar-refractivity contribution in [3.63, 3.8) is 0 Å². The molecule has 6 nitrogen and oxygen atoms in total. The molecule has 3 N–H and O–H groups in total. The van der Waals surface area contributed by atoms with Crippen molar-refractivity contribution in [2.45, 2.75) is 12.1 Å². The molecule has 1 aliphatic rings. The molecule has 2 rings (SSSR count). The minimum Gasteiger partial charge on any atom is -0.424 e. The van der Waals surface area contributed by atoms with E-state index >= 15 is 0 Å². The van der Waals surface area contributed by atoms with Crippen LogP contribution in [0.15, 0.2) is 18.2 Å². The van der Waals surface area contributed by atoms with Gasteiger partial charge >= 0.3 is 18.1 Å². The Balaban J connectivity index is 2.12. The lowest BCUT2D eigenvalue weighted by atomic mass is 10.3. The van der Waals surface area contributed by atoms with E-state index in [2.05, 4.69) is 5.32 Å². The summed E-state index contributed by atoms with van der Waals surface area (Å²) in [5, 5.41) is 4.20. The first kappa shape index (κ1) is 17.5. The smallest absolute Gasteiger partial charge is 0.424 e. The van der Waals surface area contributed by atoms with Gasteiger partial charge in [0.1, 0.15) is 0 Å². The minimum atomic E-state index is -5.00. The number of fused-ring (bicyclic) bond motifs is 1. The zero-order chi connectivity index (χ0) is 17.3. The van der Waals surface area contributed by atoms with Gasteiger partial charge in [0.05, 0.1) is 27.2 Å². The van der Waals surface area contributed by atoms with Gasteiger partial charge in [-0.05, 0) is 12.1 Å². The predicted octanol–water partition coefficient (Wildman–Crippen LogP) is 0.771. The van der Waals surface area contributed by atoms with Gasteiger partial charge in [0.15, 0.2) is 11.5 Å². The summed E-state index contributed by atoms with van der Waals surface area (Å²) in [6.07, 6.45) is -5.00. The standard InChI is InChI=1S/C13H15ClF3N3O3/c1-20(2)6-5-18-11(21)19-13(12(15,16)17)22-9-4-3-8(14)7-10(9)23-13/h3-4,7H,5-6H2,1-2H3,(H2,18,19,21)/p+1/t13-/m0/s1. The van der Waals surface area contributed by atoms with Crippen LogP contribution in [0.25, 0.3) is 0 Å². The number of alkyl halides is 3. The molecule has 0 saturated heterocycles. The number of carbonyl (C=O) groups excluding carboxylic acids is 1. The van der Waals surface area contributed by atoms with Crippen LogP contribution in [0.3, 0.4) is 0 Å². The molecule has 1 aromatic carbocycles. The zero-order valence-electron chi connectivity index (χ0n) is 12.4. The number of benzene rings is 1. The summed E-state index contributed by atoms with van der Waals surface area (Å²) in [4.78, 5) is 12.8. The van der Waals surface area contributed by atoms with Crippen molar-refractivity contribution in [3.8, 4) is 11.5 Å². The Hall–Kier alpha value is -1.87. The molecule has 0 bridgehead atoms. The highest BCUT2D eigenvalue weighted by Crippen LogP contribution is 2.45. The van der Waals surface area contributed by atoms with Crippen molar-refractivity contribution in [1.29, 1.82) is 0 Å². The van der Waals surface area contributed by atoms with Gasteiger partial charge in [-0.1, -0.05) is 11.6 Å². The van der Waals surface area contributed by atoms with Crippen LogP contribution in [0.5, 0.6) is 11.5 Å². The van der Waals surface area contributed by atoms with Crippen molar-refractivity contribution in [3.05, 3.63) is 23.2 Å². The van der Waals surface area contributed by atoms with E-state index in [4.69, 9.17) is 21.1 Å². The molecular formula is C13H16ClF3N3O3+. The second kappa shape index (κ2) is 6.32. The monoisotopic (exact) mass is 354 g/mol. The summed E-state index contributed by atoms with van der Waals surface area (Å²) >= 11 is 5.72. The molecule has 1 atom stereocenters. The van der Waals surface area contributed by atoms with E-state index in [-0.39, 0.29) is 23.1 Å². The SMILES string of the molecule is C[NH+](C)CCNC(=O)N[C@@]1(C(F)(F)F)Oc2ccc(Cl)cc2O1. The van der Waals surface area contributed by atoms with Crippen molar-refractivity contribution in [1.82, 2.24) is 10.6 Å². The van der Waals surface area contributed by atoms with Crippen molar-refractivity contribution in [2.24, 2.45) is 0 Å². The summed E-state index contributed by atoms with van der Waals surface area (Å²) in [5.74, 6) is -3.65. The average Bonchev–Trinajstić information content (AvgIpc) is 2.76. The maximum atomic E-state index is 13.4. The van der Waals surface area contributed by atoms with Crippen LogP contribution in [0, 0.1) is 0 Å². The largest absolute Gasteiger partial charge is 0.492 e. The molecule has 0 aromatic heterocycles. The van der Waals surface area contributed by atoms with Crippen LogP contribution in [0.1, 0.15) is 0 Å². The van der Waals surface area contributed by atoms with Crippen molar-refractivity contribution >= 4 is 17.6 Å². The van der Waals surface area contributed by atoms with Crippen LogP contribution in [-0.4, -0.2) is 45.3 Å².